The number of carboxylic acids is 1. The zero-order valence-electron chi connectivity index (χ0n) is 9.44. The number of carbonyl (C=O) groups is 2. The van der Waals surface area contributed by atoms with Crippen molar-refractivity contribution in [3.8, 4) is 0 Å². The van der Waals surface area contributed by atoms with Crippen LogP contribution in [0.15, 0.2) is 23.1 Å². The number of hydrogen-bond donors (Lipinski definition) is 2. The van der Waals surface area contributed by atoms with Gasteiger partial charge in [0, 0.05) is 9.92 Å². The monoisotopic (exact) mass is 307 g/mol. The number of nitrogens with one attached hydrogen (secondary N) is 1. The number of carboxylic acid groups (broad SMARTS) is 1. The summed E-state index contributed by atoms with van der Waals surface area (Å²) in [5, 5.41) is 12.0. The first-order valence-electron chi connectivity index (χ1n) is 5.00. The predicted molar refractivity (Wildman–Crippen MR) is 72.4 cm³/mol. The number of rotatable bonds is 5. The highest BCUT2D eigenvalue weighted by molar-refractivity contribution is 8.00. The van der Waals surface area contributed by atoms with Crippen LogP contribution in [-0.4, -0.2) is 28.8 Å². The molecule has 0 aliphatic carbocycles. The summed E-state index contributed by atoms with van der Waals surface area (Å²) < 4.78 is 0. The summed E-state index contributed by atoms with van der Waals surface area (Å²) in [6.07, 6.45) is 0. The maximum Gasteiger partial charge on any atom is 0.325 e. The lowest BCUT2D eigenvalue weighted by molar-refractivity contribution is -0.140. The van der Waals surface area contributed by atoms with Crippen LogP contribution in [0, 0.1) is 0 Å². The van der Waals surface area contributed by atoms with Gasteiger partial charge < -0.3 is 10.4 Å². The molecule has 4 nitrogen and oxygen atoms in total. The van der Waals surface area contributed by atoms with Gasteiger partial charge in [0.2, 0.25) is 5.91 Å². The molecule has 1 rings (SSSR count). The summed E-state index contributed by atoms with van der Waals surface area (Å²) in [7, 11) is 0. The summed E-state index contributed by atoms with van der Waals surface area (Å²) in [4.78, 5) is 22.7. The van der Waals surface area contributed by atoms with Crippen molar-refractivity contribution in [2.75, 3.05) is 5.75 Å². The van der Waals surface area contributed by atoms with Gasteiger partial charge in [0.05, 0.1) is 10.8 Å². The Kier molecular flexibility index (Phi) is 5.78. The van der Waals surface area contributed by atoms with Gasteiger partial charge in [0.1, 0.15) is 6.04 Å². The molecule has 0 aliphatic heterocycles. The second-order valence-corrected chi connectivity index (χ2v) is 5.35. The smallest absolute Gasteiger partial charge is 0.325 e. The average Bonchev–Trinajstić information content (AvgIpc) is 2.27. The molecule has 1 aromatic rings. The summed E-state index contributed by atoms with van der Waals surface area (Å²) in [6, 6.07) is 4.07. The molecular formula is C11H11Cl2NO3S. The van der Waals surface area contributed by atoms with E-state index in [1.54, 1.807) is 18.2 Å². The molecule has 0 saturated carbocycles. The Labute approximate surface area is 119 Å². The van der Waals surface area contributed by atoms with Crippen molar-refractivity contribution in [1.29, 1.82) is 0 Å². The van der Waals surface area contributed by atoms with Crippen LogP contribution >= 0.6 is 35.0 Å². The molecule has 0 fully saturated rings. The van der Waals surface area contributed by atoms with Gasteiger partial charge in [-0.1, -0.05) is 23.2 Å². The zero-order chi connectivity index (χ0) is 13.7. The van der Waals surface area contributed by atoms with Gasteiger partial charge in [-0.15, -0.1) is 11.8 Å². The summed E-state index contributed by atoms with van der Waals surface area (Å²) in [5.74, 6) is -1.34. The van der Waals surface area contributed by atoms with Crippen molar-refractivity contribution >= 4 is 46.8 Å². The lowest BCUT2D eigenvalue weighted by atomic mass is 10.3. The fourth-order valence-corrected chi connectivity index (χ4v) is 2.38. The van der Waals surface area contributed by atoms with Crippen molar-refractivity contribution in [1.82, 2.24) is 5.32 Å². The molecule has 0 radical (unpaired) electrons. The van der Waals surface area contributed by atoms with Crippen molar-refractivity contribution in [3.05, 3.63) is 28.2 Å². The summed E-state index contributed by atoms with van der Waals surface area (Å²) in [5.41, 5.74) is 0. The number of amides is 1. The van der Waals surface area contributed by atoms with Gasteiger partial charge in [-0.05, 0) is 25.1 Å². The fourth-order valence-electron chi connectivity index (χ4n) is 1.08. The van der Waals surface area contributed by atoms with Gasteiger partial charge in [-0.2, -0.15) is 0 Å². The van der Waals surface area contributed by atoms with Crippen LogP contribution in [0.25, 0.3) is 0 Å². The van der Waals surface area contributed by atoms with Gasteiger partial charge in [0.15, 0.2) is 0 Å². The molecule has 2 N–H and O–H groups in total. The highest BCUT2D eigenvalue weighted by atomic mass is 35.5. The first kappa shape index (κ1) is 15.1. The minimum atomic E-state index is -1.07. The van der Waals surface area contributed by atoms with Gasteiger partial charge in [-0.3, -0.25) is 9.59 Å². The normalized spacial score (nSPS) is 11.9. The Morgan fingerprint density at radius 3 is 2.67 bits per heavy atom. The molecule has 1 aromatic carbocycles. The number of aliphatic carboxylic acids is 1. The number of thioether (sulfide) groups is 1. The second-order valence-electron chi connectivity index (χ2n) is 3.49. The molecule has 0 heterocycles. The average molecular weight is 308 g/mol. The van der Waals surface area contributed by atoms with E-state index in [9.17, 15) is 9.59 Å². The van der Waals surface area contributed by atoms with E-state index in [-0.39, 0.29) is 11.7 Å². The highest BCUT2D eigenvalue weighted by Crippen LogP contribution is 2.29. The first-order chi connectivity index (χ1) is 8.40. The van der Waals surface area contributed by atoms with E-state index in [1.165, 1.54) is 18.7 Å². The summed E-state index contributed by atoms with van der Waals surface area (Å²) >= 11 is 12.9. The Hall–Kier alpha value is -0.910. The van der Waals surface area contributed by atoms with Crippen LogP contribution < -0.4 is 5.32 Å². The third-order valence-corrected chi connectivity index (χ3v) is 3.73. The van der Waals surface area contributed by atoms with Crippen LogP contribution in [0.1, 0.15) is 6.92 Å². The SMILES string of the molecule is CC(NC(=O)CSc1ccc(Cl)cc1Cl)C(=O)O. The number of carbonyl (C=O) groups excluding carboxylic acids is 1. The maximum absolute atomic E-state index is 11.4. The van der Waals surface area contributed by atoms with Crippen LogP contribution in [0.3, 0.4) is 0 Å². The predicted octanol–water partition coefficient (Wildman–Crippen LogP) is 2.67. The van der Waals surface area contributed by atoms with Crippen LogP contribution in [0.4, 0.5) is 0 Å². The van der Waals surface area contributed by atoms with Crippen molar-refractivity contribution in [2.45, 2.75) is 17.9 Å². The standard InChI is InChI=1S/C11H11Cl2NO3S/c1-6(11(16)17)14-10(15)5-18-9-3-2-7(12)4-8(9)13/h2-4,6H,5H2,1H3,(H,14,15)(H,16,17). The number of halogens is 2. The molecule has 0 saturated heterocycles. The third-order valence-electron chi connectivity index (χ3n) is 2.00. The minimum Gasteiger partial charge on any atom is -0.480 e. The zero-order valence-corrected chi connectivity index (χ0v) is 11.8. The van der Waals surface area contributed by atoms with Crippen LogP contribution in [0.2, 0.25) is 10.0 Å². The van der Waals surface area contributed by atoms with Crippen molar-refractivity contribution in [2.24, 2.45) is 0 Å². The van der Waals surface area contributed by atoms with Gasteiger partial charge >= 0.3 is 5.97 Å². The number of benzene rings is 1. The van der Waals surface area contributed by atoms with E-state index < -0.39 is 12.0 Å². The van der Waals surface area contributed by atoms with E-state index in [1.807, 2.05) is 0 Å². The second kappa shape index (κ2) is 6.87. The quantitative estimate of drug-likeness (QED) is 0.821. The molecule has 98 valence electrons. The van der Waals surface area contributed by atoms with E-state index in [4.69, 9.17) is 28.3 Å². The lowest BCUT2D eigenvalue weighted by Gasteiger charge is -2.09. The molecule has 7 heteroatoms. The third kappa shape index (κ3) is 4.76. The molecule has 1 atom stereocenters. The van der Waals surface area contributed by atoms with Gasteiger partial charge in [0.25, 0.3) is 0 Å². The Bertz CT molecular complexity index is 468. The minimum absolute atomic E-state index is 0.0962. The Balaban J connectivity index is 2.50. The molecule has 1 unspecified atom stereocenters. The molecule has 1 amide bonds. The molecular weight excluding hydrogens is 297 g/mol. The van der Waals surface area contributed by atoms with Crippen LogP contribution in [0.5, 0.6) is 0 Å². The Morgan fingerprint density at radius 2 is 2.11 bits per heavy atom. The van der Waals surface area contributed by atoms with E-state index in [0.29, 0.717) is 10.0 Å². The summed E-state index contributed by atoms with van der Waals surface area (Å²) in [6.45, 7) is 1.40. The number of hydrogen-bond acceptors (Lipinski definition) is 3. The molecule has 0 aromatic heterocycles. The fraction of sp³-hybridized carbons (Fsp3) is 0.273. The molecule has 18 heavy (non-hydrogen) atoms. The lowest BCUT2D eigenvalue weighted by Crippen LogP contribution is -2.39. The highest BCUT2D eigenvalue weighted by Gasteiger charge is 2.14. The first-order valence-corrected chi connectivity index (χ1v) is 6.74. The largest absolute Gasteiger partial charge is 0.480 e. The van der Waals surface area contributed by atoms with Crippen molar-refractivity contribution < 1.29 is 14.7 Å². The van der Waals surface area contributed by atoms with Crippen LogP contribution in [-0.2, 0) is 9.59 Å². The van der Waals surface area contributed by atoms with Crippen molar-refractivity contribution in [3.63, 3.8) is 0 Å². The topological polar surface area (TPSA) is 66.4 Å². The Morgan fingerprint density at radius 1 is 1.44 bits per heavy atom. The molecule has 0 bridgehead atoms. The molecule has 0 aliphatic rings. The van der Waals surface area contributed by atoms with E-state index >= 15 is 0 Å². The maximum atomic E-state index is 11.4. The van der Waals surface area contributed by atoms with E-state index in [0.717, 1.165) is 4.90 Å². The van der Waals surface area contributed by atoms with Gasteiger partial charge in [-0.25, -0.2) is 0 Å². The van der Waals surface area contributed by atoms with E-state index in [2.05, 4.69) is 5.32 Å². The molecule has 0 spiro atoms.